The van der Waals surface area contributed by atoms with Crippen molar-refractivity contribution >= 4 is 0 Å². The molecule has 0 saturated heterocycles. The number of aryl methyl sites for hydroxylation is 1. The first-order chi connectivity index (χ1) is 8.22. The fourth-order valence-corrected chi connectivity index (χ4v) is 1.98. The van der Waals surface area contributed by atoms with Crippen LogP contribution in [0, 0.1) is 25.2 Å². The standard InChI is InChI=1S/C14H15N3/c1-11-14(8-9-15)12(2)17(16-11)10-13-6-4-3-5-7-13/h3-7H,8,10H2,1-2H3. The highest BCUT2D eigenvalue weighted by atomic mass is 15.3. The Labute approximate surface area is 101 Å². The summed E-state index contributed by atoms with van der Waals surface area (Å²) in [5.74, 6) is 0. The zero-order valence-corrected chi connectivity index (χ0v) is 10.1. The van der Waals surface area contributed by atoms with Crippen LogP contribution < -0.4 is 0 Å². The van der Waals surface area contributed by atoms with Gasteiger partial charge in [0, 0.05) is 11.3 Å². The van der Waals surface area contributed by atoms with E-state index in [1.807, 2.05) is 36.7 Å². The van der Waals surface area contributed by atoms with Crippen molar-refractivity contribution in [3.05, 3.63) is 52.8 Å². The quantitative estimate of drug-likeness (QED) is 0.805. The molecule has 3 heteroatoms. The van der Waals surface area contributed by atoms with Gasteiger partial charge in [0.1, 0.15) is 0 Å². The third-order valence-corrected chi connectivity index (χ3v) is 2.96. The minimum Gasteiger partial charge on any atom is -0.265 e. The molecular weight excluding hydrogens is 210 g/mol. The van der Waals surface area contributed by atoms with Gasteiger partial charge in [0.2, 0.25) is 0 Å². The molecule has 2 aromatic rings. The lowest BCUT2D eigenvalue weighted by Gasteiger charge is -2.04. The first kappa shape index (κ1) is 11.4. The molecule has 0 aliphatic carbocycles. The van der Waals surface area contributed by atoms with Gasteiger partial charge in [-0.1, -0.05) is 30.3 Å². The first-order valence-electron chi connectivity index (χ1n) is 5.66. The minimum atomic E-state index is 0.437. The molecule has 17 heavy (non-hydrogen) atoms. The Morgan fingerprint density at radius 2 is 1.94 bits per heavy atom. The number of aromatic nitrogens is 2. The predicted molar refractivity (Wildman–Crippen MR) is 66.6 cm³/mol. The summed E-state index contributed by atoms with van der Waals surface area (Å²) >= 11 is 0. The number of hydrogen-bond acceptors (Lipinski definition) is 2. The Morgan fingerprint density at radius 3 is 2.59 bits per heavy atom. The first-order valence-corrected chi connectivity index (χ1v) is 5.66. The summed E-state index contributed by atoms with van der Waals surface area (Å²) < 4.78 is 1.97. The van der Waals surface area contributed by atoms with Crippen LogP contribution >= 0.6 is 0 Å². The maximum absolute atomic E-state index is 8.78. The summed E-state index contributed by atoms with van der Waals surface area (Å²) in [6.45, 7) is 4.75. The fourth-order valence-electron chi connectivity index (χ4n) is 1.98. The Hall–Kier alpha value is -2.08. The molecule has 2 rings (SSSR count). The summed E-state index contributed by atoms with van der Waals surface area (Å²) in [6.07, 6.45) is 0.437. The summed E-state index contributed by atoms with van der Waals surface area (Å²) in [6, 6.07) is 12.4. The van der Waals surface area contributed by atoms with E-state index in [2.05, 4.69) is 23.3 Å². The van der Waals surface area contributed by atoms with Crippen LogP contribution in [0.25, 0.3) is 0 Å². The monoisotopic (exact) mass is 225 g/mol. The summed E-state index contributed by atoms with van der Waals surface area (Å²) in [5, 5.41) is 13.3. The molecule has 0 aliphatic rings. The average Bonchev–Trinajstić information content (AvgIpc) is 2.59. The van der Waals surface area contributed by atoms with Crippen molar-refractivity contribution in [2.24, 2.45) is 0 Å². The SMILES string of the molecule is Cc1nn(Cc2ccccc2)c(C)c1CC#N. The van der Waals surface area contributed by atoms with E-state index in [1.54, 1.807) is 0 Å². The van der Waals surface area contributed by atoms with Gasteiger partial charge in [-0.2, -0.15) is 10.4 Å². The van der Waals surface area contributed by atoms with E-state index >= 15 is 0 Å². The second kappa shape index (κ2) is 4.84. The minimum absolute atomic E-state index is 0.437. The molecule has 1 heterocycles. The van der Waals surface area contributed by atoms with Crippen molar-refractivity contribution in [3.63, 3.8) is 0 Å². The van der Waals surface area contributed by atoms with Crippen molar-refractivity contribution in [3.8, 4) is 6.07 Å². The molecule has 1 aromatic heterocycles. The molecule has 0 aliphatic heterocycles. The van der Waals surface area contributed by atoms with Crippen LogP contribution in [0.1, 0.15) is 22.5 Å². The van der Waals surface area contributed by atoms with Crippen LogP contribution in [0.15, 0.2) is 30.3 Å². The van der Waals surface area contributed by atoms with Crippen molar-refractivity contribution < 1.29 is 0 Å². The van der Waals surface area contributed by atoms with Crippen LogP contribution in [0.4, 0.5) is 0 Å². The topological polar surface area (TPSA) is 41.6 Å². The summed E-state index contributed by atoms with van der Waals surface area (Å²) in [7, 11) is 0. The van der Waals surface area contributed by atoms with Gasteiger partial charge < -0.3 is 0 Å². The van der Waals surface area contributed by atoms with E-state index in [0.717, 1.165) is 23.5 Å². The Kier molecular flexibility index (Phi) is 3.24. The lowest BCUT2D eigenvalue weighted by atomic mass is 10.1. The molecule has 86 valence electrons. The highest BCUT2D eigenvalue weighted by Crippen LogP contribution is 2.14. The van der Waals surface area contributed by atoms with E-state index in [4.69, 9.17) is 5.26 Å². The van der Waals surface area contributed by atoms with Gasteiger partial charge in [0.05, 0.1) is 24.7 Å². The molecule has 0 fully saturated rings. The fraction of sp³-hybridized carbons (Fsp3) is 0.286. The zero-order chi connectivity index (χ0) is 12.3. The maximum atomic E-state index is 8.78. The van der Waals surface area contributed by atoms with Crippen molar-refractivity contribution in [2.45, 2.75) is 26.8 Å². The van der Waals surface area contributed by atoms with Crippen molar-refractivity contribution in [1.29, 1.82) is 5.26 Å². The van der Waals surface area contributed by atoms with E-state index in [0.29, 0.717) is 6.42 Å². The molecule has 0 saturated carbocycles. The van der Waals surface area contributed by atoms with Gasteiger partial charge in [-0.25, -0.2) is 0 Å². The van der Waals surface area contributed by atoms with Crippen LogP contribution in [-0.2, 0) is 13.0 Å². The molecular formula is C14H15N3. The molecule has 0 spiro atoms. The Balaban J connectivity index is 2.29. The largest absolute Gasteiger partial charge is 0.265 e. The number of benzene rings is 1. The maximum Gasteiger partial charge on any atom is 0.0671 e. The zero-order valence-electron chi connectivity index (χ0n) is 10.1. The van der Waals surface area contributed by atoms with E-state index in [9.17, 15) is 0 Å². The molecule has 0 N–H and O–H groups in total. The molecule has 0 unspecified atom stereocenters. The smallest absolute Gasteiger partial charge is 0.0671 e. The number of rotatable bonds is 3. The van der Waals surface area contributed by atoms with Crippen LogP contribution in [-0.4, -0.2) is 9.78 Å². The molecule has 3 nitrogen and oxygen atoms in total. The number of nitriles is 1. The summed E-state index contributed by atoms with van der Waals surface area (Å²) in [4.78, 5) is 0. The van der Waals surface area contributed by atoms with E-state index in [1.165, 1.54) is 5.56 Å². The van der Waals surface area contributed by atoms with Crippen LogP contribution in [0.2, 0.25) is 0 Å². The van der Waals surface area contributed by atoms with Gasteiger partial charge in [-0.05, 0) is 19.4 Å². The highest BCUT2D eigenvalue weighted by molar-refractivity contribution is 5.28. The molecule has 0 amide bonds. The third-order valence-electron chi connectivity index (χ3n) is 2.96. The van der Waals surface area contributed by atoms with Gasteiger partial charge in [-0.15, -0.1) is 0 Å². The number of nitrogens with zero attached hydrogens (tertiary/aromatic N) is 3. The third kappa shape index (κ3) is 2.36. The molecule has 0 atom stereocenters. The van der Waals surface area contributed by atoms with Crippen molar-refractivity contribution in [2.75, 3.05) is 0 Å². The van der Waals surface area contributed by atoms with Crippen molar-refractivity contribution in [1.82, 2.24) is 9.78 Å². The lowest BCUT2D eigenvalue weighted by Crippen LogP contribution is -2.04. The Bertz CT molecular complexity index is 547. The second-order valence-electron chi connectivity index (χ2n) is 4.13. The second-order valence-corrected chi connectivity index (χ2v) is 4.13. The van der Waals surface area contributed by atoms with Crippen LogP contribution in [0.3, 0.4) is 0 Å². The normalized spacial score (nSPS) is 10.2. The number of hydrogen-bond donors (Lipinski definition) is 0. The Morgan fingerprint density at radius 1 is 1.24 bits per heavy atom. The lowest BCUT2D eigenvalue weighted by molar-refractivity contribution is 0.658. The molecule has 0 bridgehead atoms. The highest BCUT2D eigenvalue weighted by Gasteiger charge is 2.10. The summed E-state index contributed by atoms with van der Waals surface area (Å²) in [5.41, 5.74) is 4.33. The van der Waals surface area contributed by atoms with E-state index < -0.39 is 0 Å². The molecule has 1 aromatic carbocycles. The van der Waals surface area contributed by atoms with Crippen LogP contribution in [0.5, 0.6) is 0 Å². The predicted octanol–water partition coefficient (Wildman–Crippen LogP) is 2.61. The molecule has 0 radical (unpaired) electrons. The van der Waals surface area contributed by atoms with Gasteiger partial charge in [0.25, 0.3) is 0 Å². The van der Waals surface area contributed by atoms with Gasteiger partial charge in [0.15, 0.2) is 0 Å². The van der Waals surface area contributed by atoms with Gasteiger partial charge >= 0.3 is 0 Å². The van der Waals surface area contributed by atoms with E-state index in [-0.39, 0.29) is 0 Å². The average molecular weight is 225 g/mol. The van der Waals surface area contributed by atoms with Gasteiger partial charge in [-0.3, -0.25) is 4.68 Å².